The van der Waals surface area contributed by atoms with Crippen molar-refractivity contribution >= 4 is 11.6 Å². The van der Waals surface area contributed by atoms with Gasteiger partial charge in [0.2, 0.25) is 0 Å². The van der Waals surface area contributed by atoms with E-state index in [2.05, 4.69) is 24.4 Å². The number of halogens is 1. The van der Waals surface area contributed by atoms with E-state index in [1.54, 1.807) is 0 Å². The van der Waals surface area contributed by atoms with Crippen LogP contribution >= 0.6 is 11.6 Å². The lowest BCUT2D eigenvalue weighted by atomic mass is 9.90. The van der Waals surface area contributed by atoms with E-state index in [4.69, 9.17) is 22.2 Å². The first-order valence-corrected chi connectivity index (χ1v) is 7.05. The molecule has 5 nitrogen and oxygen atoms in total. The van der Waals surface area contributed by atoms with Gasteiger partial charge in [0.1, 0.15) is 0 Å². The zero-order chi connectivity index (χ0) is 14.6. The molecule has 0 amide bonds. The third-order valence-electron chi connectivity index (χ3n) is 3.77. The molecule has 19 heavy (non-hydrogen) atoms. The number of nitrogens with two attached hydrogens (primary N) is 1. The van der Waals surface area contributed by atoms with Gasteiger partial charge in [-0.15, -0.1) is 0 Å². The highest BCUT2D eigenvalue weighted by atomic mass is 35.5. The Morgan fingerprint density at radius 3 is 2.53 bits per heavy atom. The molecular formula is C13H25ClN4O. The Morgan fingerprint density at radius 1 is 1.53 bits per heavy atom. The van der Waals surface area contributed by atoms with Crippen molar-refractivity contribution in [2.45, 2.75) is 52.2 Å². The van der Waals surface area contributed by atoms with Gasteiger partial charge in [-0.25, -0.2) is 0 Å². The Hall–Kier alpha value is -0.620. The van der Waals surface area contributed by atoms with E-state index in [1.807, 2.05) is 25.6 Å². The molecule has 2 atom stereocenters. The molecule has 1 aromatic rings. The van der Waals surface area contributed by atoms with Gasteiger partial charge in [-0.2, -0.15) is 5.10 Å². The topological polar surface area (TPSA) is 65.1 Å². The highest BCUT2D eigenvalue weighted by Crippen LogP contribution is 2.26. The van der Waals surface area contributed by atoms with Crippen LogP contribution in [0.2, 0.25) is 5.02 Å². The van der Waals surface area contributed by atoms with E-state index in [-0.39, 0.29) is 11.6 Å². The van der Waals surface area contributed by atoms with Gasteiger partial charge < -0.3 is 4.74 Å². The van der Waals surface area contributed by atoms with Gasteiger partial charge in [-0.05, 0) is 27.2 Å². The van der Waals surface area contributed by atoms with Gasteiger partial charge in [0.05, 0.1) is 28.1 Å². The Labute approximate surface area is 120 Å². The average Bonchev–Trinajstić information content (AvgIpc) is 2.61. The second-order valence-corrected chi connectivity index (χ2v) is 5.37. The summed E-state index contributed by atoms with van der Waals surface area (Å²) in [5.41, 5.74) is 4.35. The largest absolute Gasteiger partial charge is 0.374 e. The summed E-state index contributed by atoms with van der Waals surface area (Å²) in [5.74, 6) is 5.72. The minimum absolute atomic E-state index is 0.0234. The summed E-state index contributed by atoms with van der Waals surface area (Å²) in [6.45, 7) is 8.70. The summed E-state index contributed by atoms with van der Waals surface area (Å²) >= 11 is 6.29. The van der Waals surface area contributed by atoms with Crippen molar-refractivity contribution in [1.82, 2.24) is 15.2 Å². The van der Waals surface area contributed by atoms with E-state index >= 15 is 0 Å². The minimum atomic E-state index is -0.328. The number of nitrogens with zero attached hydrogens (tertiary/aromatic N) is 2. The molecule has 0 radical (unpaired) electrons. The summed E-state index contributed by atoms with van der Waals surface area (Å²) in [5, 5.41) is 5.03. The Balaban J connectivity index is 2.98. The van der Waals surface area contributed by atoms with Crippen LogP contribution in [0.25, 0.3) is 0 Å². The van der Waals surface area contributed by atoms with E-state index < -0.39 is 0 Å². The summed E-state index contributed by atoms with van der Waals surface area (Å²) < 4.78 is 7.68. The number of hydrazine groups is 1. The van der Waals surface area contributed by atoms with Crippen LogP contribution in [-0.4, -0.2) is 28.0 Å². The highest BCUT2D eigenvalue weighted by Gasteiger charge is 2.34. The summed E-state index contributed by atoms with van der Waals surface area (Å²) in [7, 11) is 1.89. The third kappa shape index (κ3) is 3.48. The molecule has 110 valence electrons. The molecule has 0 fully saturated rings. The molecule has 0 aliphatic rings. The van der Waals surface area contributed by atoms with Crippen LogP contribution < -0.4 is 11.3 Å². The molecule has 0 aliphatic carbocycles. The lowest BCUT2D eigenvalue weighted by molar-refractivity contribution is -0.0554. The summed E-state index contributed by atoms with van der Waals surface area (Å²) in [4.78, 5) is 0. The van der Waals surface area contributed by atoms with Gasteiger partial charge >= 0.3 is 0 Å². The normalized spacial score (nSPS) is 16.4. The quantitative estimate of drug-likeness (QED) is 0.595. The van der Waals surface area contributed by atoms with Crippen molar-refractivity contribution in [3.05, 3.63) is 16.4 Å². The van der Waals surface area contributed by atoms with Crippen molar-refractivity contribution in [2.75, 3.05) is 6.61 Å². The van der Waals surface area contributed by atoms with Gasteiger partial charge in [0.25, 0.3) is 0 Å². The maximum absolute atomic E-state index is 6.29. The van der Waals surface area contributed by atoms with E-state index in [0.717, 1.165) is 17.8 Å². The molecule has 2 unspecified atom stereocenters. The SMILES string of the molecule is CCOC(C)(CC)C(Cc1c(Cl)c(C)nn1C)NN. The smallest absolute Gasteiger partial charge is 0.0847 e. The number of aryl methyl sites for hydroxylation is 2. The highest BCUT2D eigenvalue weighted by molar-refractivity contribution is 6.31. The standard InChI is InChI=1S/C13H25ClN4O/c1-6-13(4,19-7-2)11(16-15)8-10-12(14)9(3)17-18(10)5/h11,16H,6-8,15H2,1-5H3. The molecule has 1 aromatic heterocycles. The van der Waals surface area contributed by atoms with Crippen LogP contribution in [0.15, 0.2) is 0 Å². The molecule has 0 saturated carbocycles. The number of hydrogen-bond acceptors (Lipinski definition) is 4. The lowest BCUT2D eigenvalue weighted by Crippen LogP contribution is -2.54. The van der Waals surface area contributed by atoms with Crippen LogP contribution in [0.1, 0.15) is 38.6 Å². The predicted molar refractivity (Wildman–Crippen MR) is 78.1 cm³/mol. The molecule has 0 spiro atoms. The van der Waals surface area contributed by atoms with E-state index in [0.29, 0.717) is 18.1 Å². The van der Waals surface area contributed by atoms with Crippen molar-refractivity contribution in [2.24, 2.45) is 12.9 Å². The van der Waals surface area contributed by atoms with Gasteiger partial charge in [0, 0.05) is 20.1 Å². The summed E-state index contributed by atoms with van der Waals surface area (Å²) in [6, 6.07) is -0.0234. The Morgan fingerprint density at radius 2 is 2.16 bits per heavy atom. The summed E-state index contributed by atoms with van der Waals surface area (Å²) in [6.07, 6.45) is 1.54. The second-order valence-electron chi connectivity index (χ2n) is 4.99. The molecule has 1 heterocycles. The molecule has 0 aromatic carbocycles. The van der Waals surface area contributed by atoms with E-state index in [1.165, 1.54) is 0 Å². The number of hydrogen-bond donors (Lipinski definition) is 2. The molecule has 3 N–H and O–H groups in total. The molecule has 1 rings (SSSR count). The van der Waals surface area contributed by atoms with Gasteiger partial charge in [0.15, 0.2) is 0 Å². The maximum Gasteiger partial charge on any atom is 0.0847 e. The molecular weight excluding hydrogens is 264 g/mol. The van der Waals surface area contributed by atoms with E-state index in [9.17, 15) is 0 Å². The van der Waals surface area contributed by atoms with Crippen molar-refractivity contribution < 1.29 is 4.74 Å². The molecule has 0 saturated heterocycles. The van der Waals surface area contributed by atoms with Gasteiger partial charge in [-0.1, -0.05) is 18.5 Å². The molecule has 0 bridgehead atoms. The first kappa shape index (κ1) is 16.4. The Bertz CT molecular complexity index is 421. The van der Waals surface area contributed by atoms with Gasteiger partial charge in [-0.3, -0.25) is 16.0 Å². The monoisotopic (exact) mass is 288 g/mol. The van der Waals surface area contributed by atoms with Crippen LogP contribution in [0.4, 0.5) is 0 Å². The zero-order valence-electron chi connectivity index (χ0n) is 12.5. The number of aromatic nitrogens is 2. The van der Waals surface area contributed by atoms with Crippen molar-refractivity contribution in [3.63, 3.8) is 0 Å². The first-order valence-electron chi connectivity index (χ1n) is 6.67. The number of rotatable bonds is 7. The first-order chi connectivity index (χ1) is 8.89. The Kier molecular flexibility index (Phi) is 5.80. The van der Waals surface area contributed by atoms with Crippen LogP contribution in [0.5, 0.6) is 0 Å². The van der Waals surface area contributed by atoms with Crippen LogP contribution in [-0.2, 0) is 18.2 Å². The molecule has 6 heteroatoms. The van der Waals surface area contributed by atoms with Crippen LogP contribution in [0.3, 0.4) is 0 Å². The average molecular weight is 289 g/mol. The fourth-order valence-electron chi connectivity index (χ4n) is 2.33. The fraction of sp³-hybridized carbons (Fsp3) is 0.769. The number of nitrogens with one attached hydrogen (secondary N) is 1. The second kappa shape index (κ2) is 6.70. The third-order valence-corrected chi connectivity index (χ3v) is 4.27. The predicted octanol–water partition coefficient (Wildman–Crippen LogP) is 1.96. The molecule has 0 aliphatic heterocycles. The van der Waals surface area contributed by atoms with Crippen molar-refractivity contribution in [3.8, 4) is 0 Å². The van der Waals surface area contributed by atoms with Crippen LogP contribution in [0, 0.1) is 6.92 Å². The number of ether oxygens (including phenoxy) is 1. The maximum atomic E-state index is 6.29. The van der Waals surface area contributed by atoms with Crippen molar-refractivity contribution in [1.29, 1.82) is 0 Å². The lowest BCUT2D eigenvalue weighted by Gasteiger charge is -2.36. The zero-order valence-corrected chi connectivity index (χ0v) is 13.2. The minimum Gasteiger partial charge on any atom is -0.374 e. The fourth-order valence-corrected chi connectivity index (χ4v) is 2.56.